The zero-order valence-electron chi connectivity index (χ0n) is 8.01. The number of amides is 1. The molecule has 1 aromatic rings. The van der Waals surface area contributed by atoms with Crippen LogP contribution in [0.5, 0.6) is 0 Å². The van der Waals surface area contributed by atoms with Crippen molar-refractivity contribution in [2.45, 2.75) is 12.7 Å². The summed E-state index contributed by atoms with van der Waals surface area (Å²) < 4.78 is 35.1. The van der Waals surface area contributed by atoms with E-state index < -0.39 is 25.2 Å². The van der Waals surface area contributed by atoms with Gasteiger partial charge >= 0.3 is 6.18 Å². The number of carbonyl (C=O) groups is 1. The van der Waals surface area contributed by atoms with Crippen LogP contribution in [0, 0.1) is 0 Å². The molecule has 0 radical (unpaired) electrons. The summed E-state index contributed by atoms with van der Waals surface area (Å²) in [5, 5.41) is 16.8. The lowest BCUT2D eigenvalue weighted by Gasteiger charge is -2.07. The van der Waals surface area contributed by atoms with Crippen LogP contribution >= 0.6 is 0 Å². The Morgan fingerprint density at radius 3 is 2.75 bits per heavy atom. The van der Waals surface area contributed by atoms with E-state index in [2.05, 4.69) is 25.9 Å². The Morgan fingerprint density at radius 1 is 1.44 bits per heavy atom. The van der Waals surface area contributed by atoms with E-state index in [0.717, 1.165) is 0 Å². The van der Waals surface area contributed by atoms with Crippen LogP contribution in [0.25, 0.3) is 0 Å². The molecule has 7 nitrogen and oxygen atoms in total. The van der Waals surface area contributed by atoms with Crippen molar-refractivity contribution >= 4 is 5.91 Å². The van der Waals surface area contributed by atoms with E-state index in [9.17, 15) is 18.0 Å². The Hall–Kier alpha value is -1.71. The number of nitrogens with one attached hydrogen (secondary N) is 3. The maximum absolute atomic E-state index is 11.7. The zero-order valence-corrected chi connectivity index (χ0v) is 8.01. The van der Waals surface area contributed by atoms with Gasteiger partial charge < -0.3 is 10.6 Å². The van der Waals surface area contributed by atoms with E-state index in [4.69, 9.17) is 0 Å². The first-order valence-electron chi connectivity index (χ1n) is 4.24. The van der Waals surface area contributed by atoms with E-state index in [1.165, 1.54) is 0 Å². The third-order valence-corrected chi connectivity index (χ3v) is 1.44. The molecule has 90 valence electrons. The second-order valence-electron chi connectivity index (χ2n) is 2.82. The number of hydrogen-bond acceptors (Lipinski definition) is 5. The average Bonchev–Trinajstić information content (AvgIpc) is 2.65. The van der Waals surface area contributed by atoms with Crippen LogP contribution in [-0.2, 0) is 11.3 Å². The monoisotopic (exact) mass is 238 g/mol. The molecular formula is C6H9F3N6O. The first-order chi connectivity index (χ1) is 7.47. The van der Waals surface area contributed by atoms with Crippen molar-refractivity contribution < 1.29 is 18.0 Å². The lowest BCUT2D eigenvalue weighted by Crippen LogP contribution is -2.38. The Balaban J connectivity index is 2.12. The molecule has 3 N–H and O–H groups in total. The van der Waals surface area contributed by atoms with E-state index in [-0.39, 0.29) is 12.4 Å². The Labute approximate surface area is 87.8 Å². The van der Waals surface area contributed by atoms with Crippen molar-refractivity contribution in [3.63, 3.8) is 0 Å². The van der Waals surface area contributed by atoms with Gasteiger partial charge in [0.1, 0.15) is 0 Å². The molecule has 1 aromatic heterocycles. The fourth-order valence-corrected chi connectivity index (χ4v) is 0.815. The smallest absolute Gasteiger partial charge is 0.348 e. The van der Waals surface area contributed by atoms with Crippen LogP contribution < -0.4 is 10.6 Å². The molecule has 16 heavy (non-hydrogen) atoms. The van der Waals surface area contributed by atoms with Crippen molar-refractivity contribution in [3.05, 3.63) is 5.82 Å². The third kappa shape index (κ3) is 5.24. The first kappa shape index (κ1) is 12.4. The lowest BCUT2D eigenvalue weighted by atomic mass is 10.5. The zero-order chi connectivity index (χ0) is 12.0. The molecule has 0 saturated carbocycles. The molecule has 1 heterocycles. The van der Waals surface area contributed by atoms with Gasteiger partial charge in [-0.2, -0.15) is 18.4 Å². The number of alkyl halides is 3. The normalized spacial score (nSPS) is 11.4. The first-order valence-corrected chi connectivity index (χ1v) is 4.24. The third-order valence-electron chi connectivity index (χ3n) is 1.44. The molecule has 0 bridgehead atoms. The number of H-pyrrole nitrogens is 1. The number of tetrazole rings is 1. The SMILES string of the molecule is O=C(CNCC(F)(F)F)NCc1nn[nH]n1. The molecule has 0 saturated heterocycles. The molecule has 0 spiro atoms. The summed E-state index contributed by atoms with van der Waals surface area (Å²) in [6.07, 6.45) is -4.33. The number of hydrogen-bond donors (Lipinski definition) is 3. The van der Waals surface area contributed by atoms with Crippen LogP contribution in [0.1, 0.15) is 5.82 Å². The maximum Gasteiger partial charge on any atom is 0.401 e. The number of aromatic amines is 1. The summed E-state index contributed by atoms with van der Waals surface area (Å²) in [4.78, 5) is 11.0. The van der Waals surface area contributed by atoms with Crippen LogP contribution in [0.4, 0.5) is 13.2 Å². The molecule has 0 aliphatic carbocycles. The summed E-state index contributed by atoms with van der Waals surface area (Å²) in [5.74, 6) is -0.321. The van der Waals surface area contributed by atoms with Gasteiger partial charge in [0.15, 0.2) is 5.82 Å². The predicted octanol–water partition coefficient (Wildman–Crippen LogP) is -1.03. The Morgan fingerprint density at radius 2 is 2.19 bits per heavy atom. The summed E-state index contributed by atoms with van der Waals surface area (Å²) in [5.41, 5.74) is 0. The minimum atomic E-state index is -4.33. The average molecular weight is 238 g/mol. The fourth-order valence-electron chi connectivity index (χ4n) is 0.815. The molecule has 1 rings (SSSR count). The fraction of sp³-hybridized carbons (Fsp3) is 0.667. The summed E-state index contributed by atoms with van der Waals surface area (Å²) in [6.45, 7) is -1.61. The topological polar surface area (TPSA) is 95.6 Å². The molecule has 0 aromatic carbocycles. The highest BCUT2D eigenvalue weighted by molar-refractivity contribution is 5.77. The maximum atomic E-state index is 11.7. The summed E-state index contributed by atoms with van der Waals surface area (Å²) >= 11 is 0. The van der Waals surface area contributed by atoms with Gasteiger partial charge in [-0.25, -0.2) is 0 Å². The van der Waals surface area contributed by atoms with Crippen LogP contribution in [0.2, 0.25) is 0 Å². The van der Waals surface area contributed by atoms with Gasteiger partial charge in [-0.3, -0.25) is 4.79 Å². The van der Waals surface area contributed by atoms with Crippen molar-refractivity contribution in [1.82, 2.24) is 31.3 Å². The highest BCUT2D eigenvalue weighted by atomic mass is 19.4. The van der Waals surface area contributed by atoms with Gasteiger partial charge in [-0.15, -0.1) is 10.2 Å². The second kappa shape index (κ2) is 5.39. The number of carbonyl (C=O) groups excluding carboxylic acids is 1. The van der Waals surface area contributed by atoms with Gasteiger partial charge in [0.2, 0.25) is 5.91 Å². The van der Waals surface area contributed by atoms with Gasteiger partial charge in [0.05, 0.1) is 19.6 Å². The highest BCUT2D eigenvalue weighted by Gasteiger charge is 2.26. The summed E-state index contributed by atoms with van der Waals surface area (Å²) in [6, 6.07) is 0. The van der Waals surface area contributed by atoms with Crippen molar-refractivity contribution in [2.75, 3.05) is 13.1 Å². The molecule has 10 heteroatoms. The van der Waals surface area contributed by atoms with Gasteiger partial charge in [0.25, 0.3) is 0 Å². The molecule has 1 amide bonds. The predicted molar refractivity (Wildman–Crippen MR) is 44.9 cm³/mol. The number of halogens is 3. The minimum Gasteiger partial charge on any atom is -0.348 e. The molecule has 0 aliphatic rings. The molecule has 0 atom stereocenters. The largest absolute Gasteiger partial charge is 0.401 e. The van der Waals surface area contributed by atoms with E-state index in [1.807, 2.05) is 5.32 Å². The quantitative estimate of drug-likeness (QED) is 0.609. The van der Waals surface area contributed by atoms with E-state index in [1.54, 1.807) is 0 Å². The molecule has 0 fully saturated rings. The van der Waals surface area contributed by atoms with Crippen LogP contribution in [-0.4, -0.2) is 45.8 Å². The highest BCUT2D eigenvalue weighted by Crippen LogP contribution is 2.11. The second-order valence-corrected chi connectivity index (χ2v) is 2.82. The molecular weight excluding hydrogens is 229 g/mol. The molecule has 0 unspecified atom stereocenters. The van der Waals surface area contributed by atoms with Crippen LogP contribution in [0.15, 0.2) is 0 Å². The lowest BCUT2D eigenvalue weighted by molar-refractivity contribution is -0.128. The van der Waals surface area contributed by atoms with E-state index >= 15 is 0 Å². The number of nitrogens with zero attached hydrogens (tertiary/aromatic N) is 3. The number of rotatable bonds is 5. The minimum absolute atomic E-state index is 0.0169. The van der Waals surface area contributed by atoms with Gasteiger partial charge in [-0.1, -0.05) is 5.21 Å². The number of aromatic nitrogens is 4. The molecule has 0 aliphatic heterocycles. The van der Waals surface area contributed by atoms with Crippen molar-refractivity contribution in [2.24, 2.45) is 0 Å². The van der Waals surface area contributed by atoms with E-state index in [0.29, 0.717) is 0 Å². The summed E-state index contributed by atoms with van der Waals surface area (Å²) in [7, 11) is 0. The van der Waals surface area contributed by atoms with Crippen LogP contribution in [0.3, 0.4) is 0 Å². The van der Waals surface area contributed by atoms with Crippen molar-refractivity contribution in [1.29, 1.82) is 0 Å². The van der Waals surface area contributed by atoms with Crippen molar-refractivity contribution in [3.8, 4) is 0 Å². The Bertz CT molecular complexity index is 324. The Kier molecular flexibility index (Phi) is 4.17. The van der Waals surface area contributed by atoms with Gasteiger partial charge in [-0.05, 0) is 0 Å². The van der Waals surface area contributed by atoms with Gasteiger partial charge in [0, 0.05) is 0 Å². The standard InChI is InChI=1S/C6H9F3N6O/c7-6(8,9)3-10-2-5(16)11-1-4-12-14-15-13-4/h10H,1-3H2,(H,11,16)(H,12,13,14,15).